The molecule has 84 valence electrons. The highest BCUT2D eigenvalue weighted by Gasteiger charge is 2.33. The first-order valence-corrected chi connectivity index (χ1v) is 5.08. The summed E-state index contributed by atoms with van der Waals surface area (Å²) in [4.78, 5) is 13.6. The normalized spacial score (nSPS) is 14.6. The summed E-state index contributed by atoms with van der Waals surface area (Å²) in [5.41, 5.74) is -0.552. The molecule has 1 unspecified atom stereocenters. The summed E-state index contributed by atoms with van der Waals surface area (Å²) >= 11 is 0. The third-order valence-electron chi connectivity index (χ3n) is 2.85. The molecule has 0 saturated carbocycles. The van der Waals surface area contributed by atoms with Crippen molar-refractivity contribution in [3.05, 3.63) is 0 Å². The molecule has 0 rings (SSSR count). The quantitative estimate of drug-likeness (QED) is 0.651. The van der Waals surface area contributed by atoms with Gasteiger partial charge in [-0.15, -0.1) is 0 Å². The zero-order chi connectivity index (χ0) is 11.5. The average molecular weight is 201 g/mol. The molecule has 0 aliphatic carbocycles. The zero-order valence-electron chi connectivity index (χ0n) is 10.4. The zero-order valence-corrected chi connectivity index (χ0v) is 10.4. The second-order valence-corrected chi connectivity index (χ2v) is 4.81. The lowest BCUT2D eigenvalue weighted by Gasteiger charge is -2.31. The maximum atomic E-state index is 11.8. The van der Waals surface area contributed by atoms with Crippen LogP contribution in [0, 0.1) is 5.92 Å². The Kier molecular flexibility index (Phi) is 4.59. The molecule has 0 bridgehead atoms. The van der Waals surface area contributed by atoms with Crippen molar-refractivity contribution in [1.82, 2.24) is 4.90 Å². The van der Waals surface area contributed by atoms with Crippen LogP contribution in [0.1, 0.15) is 34.6 Å². The largest absolute Gasteiger partial charge is 0.461 e. The molecule has 0 N–H and O–H groups in total. The number of nitrogens with zero attached hydrogens (tertiary/aromatic N) is 1. The minimum atomic E-state index is -0.552. The molecule has 0 saturated heterocycles. The molecular weight excluding hydrogens is 178 g/mol. The van der Waals surface area contributed by atoms with Gasteiger partial charge in [-0.3, -0.25) is 9.69 Å². The van der Waals surface area contributed by atoms with E-state index in [-0.39, 0.29) is 12.1 Å². The lowest BCUT2D eigenvalue weighted by atomic mass is 10.0. The molecule has 0 amide bonds. The molecule has 0 aromatic carbocycles. The van der Waals surface area contributed by atoms with Crippen LogP contribution >= 0.6 is 0 Å². The molecule has 0 aliphatic heterocycles. The predicted octanol–water partition coefficient (Wildman–Crippen LogP) is 1.91. The molecule has 3 nitrogen and oxygen atoms in total. The number of carbonyl (C=O) groups excluding carboxylic acids is 1. The van der Waals surface area contributed by atoms with Crippen molar-refractivity contribution in [3.63, 3.8) is 0 Å². The highest BCUT2D eigenvalue weighted by atomic mass is 16.5. The smallest absolute Gasteiger partial charge is 0.326 e. The summed E-state index contributed by atoms with van der Waals surface area (Å²) in [6, 6.07) is 0. The summed E-state index contributed by atoms with van der Waals surface area (Å²) in [7, 11) is 3.75. The van der Waals surface area contributed by atoms with Crippen LogP contribution in [0.2, 0.25) is 0 Å². The molecule has 0 heterocycles. The Morgan fingerprint density at radius 1 is 1.21 bits per heavy atom. The van der Waals surface area contributed by atoms with Gasteiger partial charge >= 0.3 is 5.97 Å². The van der Waals surface area contributed by atoms with Gasteiger partial charge in [0.05, 0.1) is 0 Å². The van der Waals surface area contributed by atoms with E-state index in [9.17, 15) is 4.79 Å². The topological polar surface area (TPSA) is 29.5 Å². The van der Waals surface area contributed by atoms with Crippen molar-refractivity contribution >= 4 is 5.97 Å². The van der Waals surface area contributed by atoms with Gasteiger partial charge in [-0.25, -0.2) is 0 Å². The van der Waals surface area contributed by atoms with Crippen LogP contribution in [0.25, 0.3) is 0 Å². The number of hydrogen-bond acceptors (Lipinski definition) is 3. The van der Waals surface area contributed by atoms with Crippen molar-refractivity contribution in [1.29, 1.82) is 0 Å². The molecule has 0 fully saturated rings. The Bertz CT molecular complexity index is 197. The summed E-state index contributed by atoms with van der Waals surface area (Å²) in [5.74, 6) is 0.195. The van der Waals surface area contributed by atoms with Gasteiger partial charge in [0.25, 0.3) is 0 Å². The first kappa shape index (κ1) is 13.4. The Morgan fingerprint density at radius 2 is 1.64 bits per heavy atom. The van der Waals surface area contributed by atoms with Gasteiger partial charge in [-0.2, -0.15) is 0 Å². The second-order valence-electron chi connectivity index (χ2n) is 4.81. The first-order valence-electron chi connectivity index (χ1n) is 5.08. The Morgan fingerprint density at radius 3 is 1.93 bits per heavy atom. The van der Waals surface area contributed by atoms with E-state index >= 15 is 0 Å². The van der Waals surface area contributed by atoms with Gasteiger partial charge in [0.1, 0.15) is 11.6 Å². The molecule has 0 aliphatic rings. The van der Waals surface area contributed by atoms with E-state index in [4.69, 9.17) is 4.74 Å². The highest BCUT2D eigenvalue weighted by molar-refractivity contribution is 5.79. The van der Waals surface area contributed by atoms with Crippen LogP contribution in [0.15, 0.2) is 0 Å². The van der Waals surface area contributed by atoms with E-state index < -0.39 is 5.54 Å². The van der Waals surface area contributed by atoms with Gasteiger partial charge in [-0.05, 0) is 40.8 Å². The Balaban J connectivity index is 4.35. The van der Waals surface area contributed by atoms with Crippen molar-refractivity contribution in [2.75, 3.05) is 14.1 Å². The van der Waals surface area contributed by atoms with Crippen LogP contribution in [0.3, 0.4) is 0 Å². The summed E-state index contributed by atoms with van der Waals surface area (Å²) in [5, 5.41) is 0. The molecule has 0 aromatic rings. The maximum Gasteiger partial charge on any atom is 0.326 e. The standard InChI is InChI=1S/C11H23NO2/c1-8(2)9(3)14-10(13)11(4,5)12(6)7/h8-9H,1-7H3. The fourth-order valence-corrected chi connectivity index (χ4v) is 0.632. The number of hydrogen-bond donors (Lipinski definition) is 0. The monoisotopic (exact) mass is 201 g/mol. The summed E-state index contributed by atoms with van der Waals surface area (Å²) in [6.07, 6.45) is -0.0262. The van der Waals surface area contributed by atoms with Gasteiger partial charge in [-0.1, -0.05) is 13.8 Å². The van der Waals surface area contributed by atoms with E-state index in [1.807, 2.05) is 53.6 Å². The van der Waals surface area contributed by atoms with Crippen LogP contribution in [-0.4, -0.2) is 36.6 Å². The Hall–Kier alpha value is -0.570. The Labute approximate surface area is 87.4 Å². The summed E-state index contributed by atoms with van der Waals surface area (Å²) in [6.45, 7) is 9.74. The molecule has 0 spiro atoms. The molecule has 0 radical (unpaired) electrons. The van der Waals surface area contributed by atoms with E-state index in [1.165, 1.54) is 0 Å². The van der Waals surface area contributed by atoms with Gasteiger partial charge < -0.3 is 4.74 Å². The molecule has 3 heteroatoms. The fourth-order valence-electron chi connectivity index (χ4n) is 0.632. The van der Waals surface area contributed by atoms with Crippen molar-refractivity contribution < 1.29 is 9.53 Å². The number of esters is 1. The van der Waals surface area contributed by atoms with E-state index in [0.717, 1.165) is 0 Å². The van der Waals surface area contributed by atoms with Crippen LogP contribution in [-0.2, 0) is 9.53 Å². The molecule has 0 aromatic heterocycles. The van der Waals surface area contributed by atoms with Gasteiger partial charge in [0.15, 0.2) is 0 Å². The third kappa shape index (κ3) is 3.29. The number of carbonyl (C=O) groups is 1. The predicted molar refractivity (Wildman–Crippen MR) is 58.2 cm³/mol. The van der Waals surface area contributed by atoms with E-state index in [0.29, 0.717) is 5.92 Å². The highest BCUT2D eigenvalue weighted by Crippen LogP contribution is 2.15. The lowest BCUT2D eigenvalue weighted by molar-refractivity contribution is -0.161. The minimum absolute atomic E-state index is 0.0262. The maximum absolute atomic E-state index is 11.8. The van der Waals surface area contributed by atoms with Crippen LogP contribution < -0.4 is 0 Å². The van der Waals surface area contributed by atoms with Crippen molar-refractivity contribution in [2.45, 2.75) is 46.3 Å². The third-order valence-corrected chi connectivity index (χ3v) is 2.85. The number of ether oxygens (including phenoxy) is 1. The van der Waals surface area contributed by atoms with E-state index in [1.54, 1.807) is 0 Å². The molecule has 14 heavy (non-hydrogen) atoms. The SMILES string of the molecule is CC(C)C(C)OC(=O)C(C)(C)N(C)C. The van der Waals surface area contributed by atoms with Gasteiger partial charge in [0, 0.05) is 0 Å². The minimum Gasteiger partial charge on any atom is -0.461 e. The van der Waals surface area contributed by atoms with Crippen molar-refractivity contribution in [2.24, 2.45) is 5.92 Å². The lowest BCUT2D eigenvalue weighted by Crippen LogP contribution is -2.48. The number of rotatable bonds is 4. The molecular formula is C11H23NO2. The van der Waals surface area contributed by atoms with Crippen LogP contribution in [0.4, 0.5) is 0 Å². The number of likely N-dealkylation sites (N-methyl/N-ethyl adjacent to an activating group) is 1. The van der Waals surface area contributed by atoms with Gasteiger partial charge in [0.2, 0.25) is 0 Å². The molecule has 1 atom stereocenters. The van der Waals surface area contributed by atoms with E-state index in [2.05, 4.69) is 0 Å². The van der Waals surface area contributed by atoms with Crippen LogP contribution in [0.5, 0.6) is 0 Å². The average Bonchev–Trinajstić information content (AvgIpc) is 2.03. The summed E-state index contributed by atoms with van der Waals surface area (Å²) < 4.78 is 5.36. The second kappa shape index (κ2) is 4.78. The fraction of sp³-hybridized carbons (Fsp3) is 0.909. The first-order chi connectivity index (χ1) is 6.19. The van der Waals surface area contributed by atoms with Crippen molar-refractivity contribution in [3.8, 4) is 0 Å².